The van der Waals surface area contributed by atoms with Gasteiger partial charge >= 0.3 is 0 Å². The van der Waals surface area contributed by atoms with Crippen LogP contribution in [0.5, 0.6) is 0 Å². The lowest BCUT2D eigenvalue weighted by Crippen LogP contribution is -2.57. The summed E-state index contributed by atoms with van der Waals surface area (Å²) >= 11 is 1.15. The number of primary amides is 1. The highest BCUT2D eigenvalue weighted by atomic mass is 32.2. The molecule has 0 radical (unpaired) electrons. The van der Waals surface area contributed by atoms with Crippen molar-refractivity contribution in [2.24, 2.45) is 23.5 Å². The molecule has 0 unspecified atom stereocenters. The molecule has 1 aliphatic heterocycles. The van der Waals surface area contributed by atoms with Crippen LogP contribution < -0.4 is 32.3 Å². The summed E-state index contributed by atoms with van der Waals surface area (Å²) in [4.78, 5) is 119. The van der Waals surface area contributed by atoms with Crippen molar-refractivity contribution in [1.82, 2.24) is 36.5 Å². The SMILES string of the molecule is CC[C@H](C)[C@H](NC(=O)CNC(=O)CNC(=O)[C@@H](NC(=O)[C@H]1CN(C(=O)[C@H](NC(=O)[C@H](C)Sc2cc3ccccc3[nH]2)C(N)=O)C[C@@H]1O)[C@@H](C)[C@@H](O)CO)C(=O)CCC(C)=O. The summed E-state index contributed by atoms with van der Waals surface area (Å²) in [5, 5.41) is 43.5. The van der Waals surface area contributed by atoms with Crippen LogP contribution in [0.15, 0.2) is 35.4 Å². The molecule has 330 valence electrons. The average Bonchev–Trinajstić information content (AvgIpc) is 3.82. The Hall–Kier alpha value is -5.38. The smallest absolute Gasteiger partial charge is 0.255 e. The molecular formula is C39H56N8O12S. The van der Waals surface area contributed by atoms with E-state index in [-0.39, 0.29) is 30.3 Å². The number of β-amino-alcohol motifs (C(OH)–C–C–N with tert-alkyl or cyclic N) is 1. The molecule has 1 fully saturated rings. The molecule has 1 aromatic heterocycles. The number of aliphatic hydroxyl groups is 3. The van der Waals surface area contributed by atoms with Gasteiger partial charge in [-0.05, 0) is 31.9 Å². The van der Waals surface area contributed by atoms with Gasteiger partial charge in [0.1, 0.15) is 11.8 Å². The Labute approximate surface area is 350 Å². The molecule has 0 saturated carbocycles. The molecule has 60 heavy (non-hydrogen) atoms. The molecule has 0 bridgehead atoms. The molecule has 1 aliphatic rings. The summed E-state index contributed by atoms with van der Waals surface area (Å²) in [6, 6.07) is 5.00. The van der Waals surface area contributed by atoms with E-state index >= 15 is 0 Å². The predicted octanol–water partition coefficient (Wildman–Crippen LogP) is -2.39. The second-order valence-electron chi connectivity index (χ2n) is 14.9. The van der Waals surface area contributed by atoms with E-state index < -0.39 is 122 Å². The number of ketones is 2. The fraction of sp³-hybridized carbons (Fsp3) is 0.564. The van der Waals surface area contributed by atoms with E-state index in [1.54, 1.807) is 13.8 Å². The van der Waals surface area contributed by atoms with Crippen molar-refractivity contribution in [3.8, 4) is 0 Å². The lowest BCUT2D eigenvalue weighted by atomic mass is 9.92. The van der Waals surface area contributed by atoms with Crippen LogP contribution in [0.4, 0.5) is 0 Å². The number of nitrogens with zero attached hydrogens (tertiary/aromatic N) is 1. The van der Waals surface area contributed by atoms with Crippen molar-refractivity contribution in [3.05, 3.63) is 30.3 Å². The summed E-state index contributed by atoms with van der Waals surface area (Å²) in [7, 11) is 0. The standard InChI is InChI=1S/C39H56N8O12S/c1-6-19(2)32(26(50)12-11-20(3)49)44-30(54)15-41-29(53)14-42-38(58)33(21(4)28(52)18-48)45-37(57)24-16-47(17-27(24)51)39(59)34(35(40)55)46-36(56)22(5)60-31-13-23-9-7-8-10-25(23)43-31/h7-10,13,19,21-22,24,27-28,32-34,43,48,51-52H,6,11-12,14-18H2,1-5H3,(H2,40,55)(H,41,53)(H,42,58)(H,44,54)(H,45,57)(H,46,56)/t19-,21-,22-,24-,27-,28-,32-,33-,34+/m0/s1. The second-order valence-corrected chi connectivity index (χ2v) is 16.3. The minimum atomic E-state index is -1.84. The zero-order chi connectivity index (χ0) is 44.8. The van der Waals surface area contributed by atoms with E-state index in [1.807, 2.05) is 37.3 Å². The summed E-state index contributed by atoms with van der Waals surface area (Å²) < 4.78 is 0. The third kappa shape index (κ3) is 13.8. The molecule has 0 spiro atoms. The Kier molecular flexibility index (Phi) is 18.6. The first-order valence-corrected chi connectivity index (χ1v) is 20.4. The number of nitrogens with two attached hydrogens (primary N) is 1. The normalized spacial score (nSPS) is 18.5. The molecule has 1 saturated heterocycles. The highest BCUT2D eigenvalue weighted by Gasteiger charge is 2.44. The molecule has 0 aliphatic carbocycles. The fourth-order valence-electron chi connectivity index (χ4n) is 6.33. The molecule has 2 aromatic rings. The number of Topliss-reactive ketones (excluding diaryl/α,β-unsaturated/α-hetero) is 2. The third-order valence-corrected chi connectivity index (χ3v) is 11.3. The van der Waals surface area contributed by atoms with Crippen molar-refractivity contribution in [1.29, 1.82) is 0 Å². The van der Waals surface area contributed by atoms with Gasteiger partial charge < -0.3 is 62.3 Å². The Balaban J connectivity index is 1.59. The van der Waals surface area contributed by atoms with Gasteiger partial charge in [0.2, 0.25) is 35.4 Å². The number of carbonyl (C=O) groups is 9. The highest BCUT2D eigenvalue weighted by molar-refractivity contribution is 8.00. The number of benzene rings is 1. The van der Waals surface area contributed by atoms with E-state index in [0.717, 1.165) is 27.6 Å². The Morgan fingerprint density at radius 3 is 2.18 bits per heavy atom. The number of hydrogen-bond acceptors (Lipinski definition) is 13. The number of rotatable bonds is 23. The van der Waals surface area contributed by atoms with E-state index in [0.29, 0.717) is 11.4 Å². The van der Waals surface area contributed by atoms with E-state index in [2.05, 4.69) is 31.6 Å². The topological polar surface area (TPSA) is 320 Å². The molecule has 11 N–H and O–H groups in total. The van der Waals surface area contributed by atoms with Gasteiger partial charge in [-0.2, -0.15) is 0 Å². The minimum Gasteiger partial charge on any atom is -0.394 e. The molecule has 20 nitrogen and oxygen atoms in total. The van der Waals surface area contributed by atoms with Crippen molar-refractivity contribution >= 4 is 75.6 Å². The van der Waals surface area contributed by atoms with Gasteiger partial charge in [0.15, 0.2) is 11.8 Å². The first kappa shape index (κ1) is 49.0. The van der Waals surface area contributed by atoms with Gasteiger partial charge in [-0.25, -0.2) is 0 Å². The number of fused-ring (bicyclic) bond motifs is 1. The number of nitrogens with one attached hydrogen (secondary N) is 6. The van der Waals surface area contributed by atoms with Crippen molar-refractivity contribution in [2.75, 3.05) is 32.8 Å². The van der Waals surface area contributed by atoms with Gasteiger partial charge in [-0.15, -0.1) is 0 Å². The number of amides is 7. The predicted molar refractivity (Wildman–Crippen MR) is 217 cm³/mol. The van der Waals surface area contributed by atoms with Crippen LogP contribution in [0.25, 0.3) is 10.9 Å². The van der Waals surface area contributed by atoms with Crippen LogP contribution in [0.3, 0.4) is 0 Å². The maximum atomic E-state index is 13.5. The van der Waals surface area contributed by atoms with Gasteiger partial charge in [-0.3, -0.25) is 38.4 Å². The molecule has 3 rings (SSSR count). The largest absolute Gasteiger partial charge is 0.394 e. The number of carbonyl (C=O) groups excluding carboxylic acids is 9. The van der Waals surface area contributed by atoms with Gasteiger partial charge in [-0.1, -0.05) is 57.2 Å². The summed E-state index contributed by atoms with van der Waals surface area (Å²) in [6.07, 6.45) is -2.51. The zero-order valence-corrected chi connectivity index (χ0v) is 35.0. The van der Waals surface area contributed by atoms with Crippen LogP contribution in [0.1, 0.15) is 53.9 Å². The van der Waals surface area contributed by atoms with E-state index in [9.17, 15) is 58.5 Å². The quantitative estimate of drug-likeness (QED) is 0.0413. The average molecular weight is 861 g/mol. The Bertz CT molecular complexity index is 1880. The summed E-state index contributed by atoms with van der Waals surface area (Å²) in [5.41, 5.74) is 6.34. The number of H-pyrrole nitrogens is 1. The van der Waals surface area contributed by atoms with Crippen LogP contribution in [-0.2, 0) is 43.2 Å². The zero-order valence-electron chi connectivity index (χ0n) is 34.2. The number of aromatic nitrogens is 1. The number of hydrogen-bond donors (Lipinski definition) is 10. The monoisotopic (exact) mass is 860 g/mol. The Morgan fingerprint density at radius 1 is 0.900 bits per heavy atom. The molecule has 9 atom stereocenters. The lowest BCUT2D eigenvalue weighted by molar-refractivity contribution is -0.141. The van der Waals surface area contributed by atoms with E-state index in [4.69, 9.17) is 5.73 Å². The van der Waals surface area contributed by atoms with Crippen molar-refractivity contribution in [2.45, 2.75) is 94.5 Å². The van der Waals surface area contributed by atoms with Crippen LogP contribution in [-0.4, -0.2) is 146 Å². The molecule has 1 aromatic carbocycles. The van der Waals surface area contributed by atoms with Crippen molar-refractivity contribution in [3.63, 3.8) is 0 Å². The number of likely N-dealkylation sites (tertiary alicyclic amines) is 1. The number of aromatic amines is 1. The Morgan fingerprint density at radius 2 is 1.57 bits per heavy atom. The molecular weight excluding hydrogens is 805 g/mol. The number of aliphatic hydroxyl groups excluding tert-OH is 3. The van der Waals surface area contributed by atoms with Gasteiger partial charge in [0.05, 0.1) is 54.1 Å². The second kappa shape index (κ2) is 22.8. The lowest BCUT2D eigenvalue weighted by Gasteiger charge is -2.28. The maximum Gasteiger partial charge on any atom is 0.255 e. The minimum absolute atomic E-state index is 0.0263. The van der Waals surface area contributed by atoms with Crippen LogP contribution in [0.2, 0.25) is 0 Å². The van der Waals surface area contributed by atoms with Gasteiger partial charge in [0.25, 0.3) is 5.91 Å². The maximum absolute atomic E-state index is 13.5. The molecule has 21 heteroatoms. The first-order chi connectivity index (χ1) is 28.3. The van der Waals surface area contributed by atoms with Gasteiger partial charge in [0, 0.05) is 42.8 Å². The van der Waals surface area contributed by atoms with Crippen LogP contribution >= 0.6 is 11.8 Å². The fourth-order valence-corrected chi connectivity index (χ4v) is 7.25. The van der Waals surface area contributed by atoms with Crippen molar-refractivity contribution < 1.29 is 58.5 Å². The number of thioether (sulfide) groups is 1. The molecule has 2 heterocycles. The number of para-hydroxylation sites is 1. The van der Waals surface area contributed by atoms with E-state index in [1.165, 1.54) is 13.8 Å². The first-order valence-electron chi connectivity index (χ1n) is 19.5. The van der Waals surface area contributed by atoms with Crippen LogP contribution in [0, 0.1) is 17.8 Å². The highest BCUT2D eigenvalue weighted by Crippen LogP contribution is 2.27. The summed E-state index contributed by atoms with van der Waals surface area (Å²) in [6.45, 7) is 4.88. The molecule has 7 amide bonds. The third-order valence-electron chi connectivity index (χ3n) is 10.3. The summed E-state index contributed by atoms with van der Waals surface area (Å²) in [5.74, 6) is -9.58.